The lowest BCUT2D eigenvalue weighted by Gasteiger charge is -2.28. The van der Waals surface area contributed by atoms with Gasteiger partial charge in [-0.1, -0.05) is 18.2 Å². The largest absolute Gasteiger partial charge is 0.355 e. The zero-order valence-corrected chi connectivity index (χ0v) is 13.7. The van der Waals surface area contributed by atoms with E-state index in [9.17, 15) is 10.1 Å². The summed E-state index contributed by atoms with van der Waals surface area (Å²) in [4.78, 5) is 14.3. The molecular formula is C18H21N5O. The van der Waals surface area contributed by atoms with Gasteiger partial charge in [0.2, 0.25) is 5.91 Å². The van der Waals surface area contributed by atoms with E-state index in [0.717, 1.165) is 54.8 Å². The number of carbonyl (C=O) groups is 1. The van der Waals surface area contributed by atoms with Crippen LogP contribution >= 0.6 is 0 Å². The average molecular weight is 323 g/mol. The number of fused-ring (bicyclic) bond motifs is 1. The Hall–Kier alpha value is -2.52. The quantitative estimate of drug-likeness (QED) is 0.887. The van der Waals surface area contributed by atoms with Crippen LogP contribution in [0.3, 0.4) is 0 Å². The van der Waals surface area contributed by atoms with Crippen LogP contribution in [0.15, 0.2) is 24.3 Å². The maximum absolute atomic E-state index is 12.1. The van der Waals surface area contributed by atoms with Gasteiger partial charge in [-0.05, 0) is 25.5 Å². The number of aryl methyl sites for hydroxylation is 1. The third-order valence-electron chi connectivity index (χ3n) is 5.16. The first-order valence-electron chi connectivity index (χ1n) is 8.45. The maximum Gasteiger partial charge on any atom is 0.237 e. The van der Waals surface area contributed by atoms with Gasteiger partial charge in [0.25, 0.3) is 0 Å². The highest BCUT2D eigenvalue weighted by molar-refractivity contribution is 5.93. The van der Waals surface area contributed by atoms with E-state index in [-0.39, 0.29) is 18.0 Å². The first kappa shape index (κ1) is 15.0. The highest BCUT2D eigenvalue weighted by Crippen LogP contribution is 2.33. The zero-order chi connectivity index (χ0) is 16.7. The number of anilines is 1. The molecule has 0 unspecified atom stereocenters. The molecule has 0 spiro atoms. The Morgan fingerprint density at radius 3 is 2.88 bits per heavy atom. The van der Waals surface area contributed by atoms with E-state index >= 15 is 0 Å². The van der Waals surface area contributed by atoms with Crippen LogP contribution in [0, 0.1) is 11.3 Å². The molecule has 2 saturated heterocycles. The van der Waals surface area contributed by atoms with Crippen molar-refractivity contribution in [2.45, 2.75) is 24.9 Å². The van der Waals surface area contributed by atoms with Crippen LogP contribution in [0.25, 0.3) is 10.9 Å². The summed E-state index contributed by atoms with van der Waals surface area (Å²) in [5.74, 6) is 1.06. The summed E-state index contributed by atoms with van der Waals surface area (Å²) in [5, 5.41) is 16.9. The van der Waals surface area contributed by atoms with Gasteiger partial charge >= 0.3 is 0 Å². The minimum atomic E-state index is -0.0219. The lowest BCUT2D eigenvalue weighted by Crippen LogP contribution is -2.55. The minimum absolute atomic E-state index is 0.0219. The number of para-hydroxylation sites is 1. The van der Waals surface area contributed by atoms with Gasteiger partial charge < -0.3 is 20.1 Å². The lowest BCUT2D eigenvalue weighted by molar-refractivity contribution is -0.125. The number of hydrogen-bond donors (Lipinski definition) is 2. The zero-order valence-electron chi connectivity index (χ0n) is 13.7. The summed E-state index contributed by atoms with van der Waals surface area (Å²) < 4.78 is 2.09. The Morgan fingerprint density at radius 1 is 1.38 bits per heavy atom. The number of carbonyl (C=O) groups excluding carboxylic acids is 1. The van der Waals surface area contributed by atoms with Crippen molar-refractivity contribution in [3.8, 4) is 6.07 Å². The average Bonchev–Trinajstić information content (AvgIpc) is 3.08. The molecule has 2 aliphatic rings. The molecule has 6 nitrogen and oxygen atoms in total. The Morgan fingerprint density at radius 2 is 2.17 bits per heavy atom. The second-order valence-electron chi connectivity index (χ2n) is 6.62. The van der Waals surface area contributed by atoms with Gasteiger partial charge in [0.05, 0.1) is 11.6 Å². The van der Waals surface area contributed by atoms with Gasteiger partial charge in [-0.3, -0.25) is 4.79 Å². The molecule has 24 heavy (non-hydrogen) atoms. The molecule has 6 heteroatoms. The van der Waals surface area contributed by atoms with E-state index in [1.807, 2.05) is 31.3 Å². The SMILES string of the molecule is Cn1c(N2CC[C@H](NC(=O)[C@@H]3CCN3)C2)c(C#N)c2ccccc21. The highest BCUT2D eigenvalue weighted by Gasteiger charge is 2.31. The van der Waals surface area contributed by atoms with E-state index in [1.54, 1.807) is 0 Å². The predicted molar refractivity (Wildman–Crippen MR) is 92.8 cm³/mol. The molecule has 2 N–H and O–H groups in total. The number of rotatable bonds is 3. The van der Waals surface area contributed by atoms with Gasteiger partial charge in [-0.25, -0.2) is 0 Å². The van der Waals surface area contributed by atoms with Gasteiger partial charge in [0.1, 0.15) is 17.5 Å². The van der Waals surface area contributed by atoms with Crippen LogP contribution in [-0.2, 0) is 11.8 Å². The fourth-order valence-corrected chi connectivity index (χ4v) is 3.74. The summed E-state index contributed by atoms with van der Waals surface area (Å²) in [6, 6.07) is 10.5. The van der Waals surface area contributed by atoms with Crippen LogP contribution < -0.4 is 15.5 Å². The summed E-state index contributed by atoms with van der Waals surface area (Å²) in [6.07, 6.45) is 1.83. The van der Waals surface area contributed by atoms with E-state index in [1.165, 1.54) is 0 Å². The van der Waals surface area contributed by atoms with Crippen LogP contribution in [0.5, 0.6) is 0 Å². The molecule has 2 aromatic rings. The fraction of sp³-hybridized carbons (Fsp3) is 0.444. The number of aromatic nitrogens is 1. The Balaban J connectivity index is 1.57. The minimum Gasteiger partial charge on any atom is -0.355 e. The van der Waals surface area contributed by atoms with Crippen LogP contribution in [-0.4, -0.2) is 42.2 Å². The van der Waals surface area contributed by atoms with Gasteiger partial charge in [0.15, 0.2) is 0 Å². The monoisotopic (exact) mass is 323 g/mol. The highest BCUT2D eigenvalue weighted by atomic mass is 16.2. The van der Waals surface area contributed by atoms with Crippen LogP contribution in [0.2, 0.25) is 0 Å². The predicted octanol–water partition coefficient (Wildman–Crippen LogP) is 1.11. The maximum atomic E-state index is 12.1. The molecule has 2 aliphatic heterocycles. The third-order valence-corrected chi connectivity index (χ3v) is 5.16. The molecule has 2 fully saturated rings. The van der Waals surface area contributed by atoms with E-state index in [0.29, 0.717) is 0 Å². The molecule has 124 valence electrons. The Bertz CT molecular complexity index is 830. The molecule has 0 bridgehead atoms. The summed E-state index contributed by atoms with van der Waals surface area (Å²) in [6.45, 7) is 2.52. The van der Waals surface area contributed by atoms with Crippen LogP contribution in [0.4, 0.5) is 5.82 Å². The van der Waals surface area contributed by atoms with Gasteiger partial charge in [0, 0.05) is 31.6 Å². The topological polar surface area (TPSA) is 73.1 Å². The summed E-state index contributed by atoms with van der Waals surface area (Å²) >= 11 is 0. The van der Waals surface area contributed by atoms with Crippen molar-refractivity contribution in [3.63, 3.8) is 0 Å². The fourth-order valence-electron chi connectivity index (χ4n) is 3.74. The van der Waals surface area contributed by atoms with Gasteiger partial charge in [-0.15, -0.1) is 0 Å². The van der Waals surface area contributed by atoms with Crippen molar-refractivity contribution in [2.24, 2.45) is 7.05 Å². The molecule has 0 saturated carbocycles. The smallest absolute Gasteiger partial charge is 0.237 e. The number of nitriles is 1. The van der Waals surface area contributed by atoms with Crippen molar-refractivity contribution in [2.75, 3.05) is 24.5 Å². The molecule has 3 heterocycles. The van der Waals surface area contributed by atoms with E-state index in [4.69, 9.17) is 0 Å². The van der Waals surface area contributed by atoms with Crippen molar-refractivity contribution in [1.29, 1.82) is 5.26 Å². The number of nitrogens with one attached hydrogen (secondary N) is 2. The normalized spacial score (nSPS) is 23.1. The van der Waals surface area contributed by atoms with E-state index < -0.39 is 0 Å². The molecule has 2 atom stereocenters. The van der Waals surface area contributed by atoms with Crippen molar-refractivity contribution in [3.05, 3.63) is 29.8 Å². The molecule has 1 amide bonds. The molecule has 1 aromatic heterocycles. The van der Waals surface area contributed by atoms with Crippen molar-refractivity contribution >= 4 is 22.6 Å². The summed E-state index contributed by atoms with van der Waals surface area (Å²) in [5.41, 5.74) is 1.79. The Labute approximate surface area is 141 Å². The van der Waals surface area contributed by atoms with Crippen LogP contribution in [0.1, 0.15) is 18.4 Å². The first-order valence-corrected chi connectivity index (χ1v) is 8.45. The second kappa shape index (κ2) is 5.84. The molecule has 1 aromatic carbocycles. The van der Waals surface area contributed by atoms with E-state index in [2.05, 4.69) is 26.2 Å². The Kier molecular flexibility index (Phi) is 3.66. The third kappa shape index (κ3) is 2.33. The molecule has 0 aliphatic carbocycles. The summed E-state index contributed by atoms with van der Waals surface area (Å²) in [7, 11) is 2.00. The second-order valence-corrected chi connectivity index (χ2v) is 6.62. The lowest BCUT2D eigenvalue weighted by atomic mass is 10.1. The number of hydrogen-bond acceptors (Lipinski definition) is 4. The standard InChI is InChI=1S/C18H21N5O/c1-22-16-5-3-2-4-13(16)14(10-19)18(22)23-9-7-12(11-23)21-17(24)15-6-8-20-15/h2-5,12,15,20H,6-9,11H2,1H3,(H,21,24)/t12-,15-/m0/s1. The number of amides is 1. The molecule has 0 radical (unpaired) electrons. The van der Waals surface area contributed by atoms with Crippen molar-refractivity contribution in [1.82, 2.24) is 15.2 Å². The number of nitrogens with zero attached hydrogens (tertiary/aromatic N) is 3. The molecule has 4 rings (SSSR count). The van der Waals surface area contributed by atoms with Crippen molar-refractivity contribution < 1.29 is 4.79 Å². The number of benzene rings is 1. The first-order chi connectivity index (χ1) is 11.7. The van der Waals surface area contributed by atoms with Gasteiger partial charge in [-0.2, -0.15) is 5.26 Å². The molecular weight excluding hydrogens is 302 g/mol.